The highest BCUT2D eigenvalue weighted by Crippen LogP contribution is 2.21. The van der Waals surface area contributed by atoms with Crippen LogP contribution in [0.25, 0.3) is 0 Å². The summed E-state index contributed by atoms with van der Waals surface area (Å²) < 4.78 is 30.3. The Bertz CT molecular complexity index is 369. The second-order valence-corrected chi connectivity index (χ2v) is 6.50. The van der Waals surface area contributed by atoms with Crippen LogP contribution in [-0.4, -0.2) is 57.7 Å². The Balaban J connectivity index is 2.49. The van der Waals surface area contributed by atoms with Gasteiger partial charge in [-0.1, -0.05) is 0 Å². The van der Waals surface area contributed by atoms with Gasteiger partial charge in [-0.05, 0) is 26.3 Å². The van der Waals surface area contributed by atoms with Gasteiger partial charge in [0, 0.05) is 25.6 Å². The minimum absolute atomic E-state index is 0.0162. The molecule has 0 aromatic rings. The zero-order valence-electron chi connectivity index (χ0n) is 11.0. The van der Waals surface area contributed by atoms with Gasteiger partial charge in [0.2, 0.25) is 10.0 Å². The molecule has 18 heavy (non-hydrogen) atoms. The first-order valence-corrected chi connectivity index (χ1v) is 7.83. The third-order valence-corrected chi connectivity index (χ3v) is 5.13. The number of nitrogens with one attached hydrogen (secondary N) is 1. The SMILES string of the molecule is CNCC1CCCN1S(=O)(=O)CCCC(=O)OC. The van der Waals surface area contributed by atoms with Gasteiger partial charge in [0.25, 0.3) is 0 Å². The van der Waals surface area contributed by atoms with Crippen molar-refractivity contribution in [3.63, 3.8) is 0 Å². The molecule has 1 rings (SSSR count). The van der Waals surface area contributed by atoms with Crippen molar-refractivity contribution in [3.05, 3.63) is 0 Å². The molecule has 1 fully saturated rings. The summed E-state index contributed by atoms with van der Waals surface area (Å²) in [5.74, 6) is -0.346. The lowest BCUT2D eigenvalue weighted by molar-refractivity contribution is -0.140. The lowest BCUT2D eigenvalue weighted by Gasteiger charge is -2.23. The van der Waals surface area contributed by atoms with Gasteiger partial charge in [0.15, 0.2) is 0 Å². The summed E-state index contributed by atoms with van der Waals surface area (Å²) in [6.45, 7) is 1.27. The van der Waals surface area contributed by atoms with Gasteiger partial charge in [-0.3, -0.25) is 4.79 Å². The lowest BCUT2D eigenvalue weighted by atomic mass is 10.2. The molecule has 7 heteroatoms. The maximum absolute atomic E-state index is 12.1. The molecular weight excluding hydrogens is 256 g/mol. The summed E-state index contributed by atoms with van der Waals surface area (Å²) in [4.78, 5) is 10.9. The monoisotopic (exact) mass is 278 g/mol. The summed E-state index contributed by atoms with van der Waals surface area (Å²) in [5.41, 5.74) is 0. The third kappa shape index (κ3) is 4.22. The first-order chi connectivity index (χ1) is 8.51. The molecule has 0 aromatic heterocycles. The van der Waals surface area contributed by atoms with Gasteiger partial charge in [-0.25, -0.2) is 8.42 Å². The van der Waals surface area contributed by atoms with Gasteiger partial charge >= 0.3 is 5.97 Å². The summed E-state index contributed by atoms with van der Waals surface area (Å²) in [6, 6.07) is 0.0538. The Morgan fingerprint density at radius 1 is 1.50 bits per heavy atom. The number of esters is 1. The quantitative estimate of drug-likeness (QED) is 0.661. The molecule has 1 atom stereocenters. The van der Waals surface area contributed by atoms with E-state index in [0.29, 0.717) is 19.5 Å². The van der Waals surface area contributed by atoms with Crippen LogP contribution in [0.15, 0.2) is 0 Å². The number of sulfonamides is 1. The fraction of sp³-hybridized carbons (Fsp3) is 0.909. The molecule has 6 nitrogen and oxygen atoms in total. The number of rotatable bonds is 7. The normalized spacial score (nSPS) is 21.1. The second kappa shape index (κ2) is 7.06. The Morgan fingerprint density at radius 3 is 2.83 bits per heavy atom. The van der Waals surface area contributed by atoms with E-state index in [1.807, 2.05) is 7.05 Å². The van der Waals surface area contributed by atoms with Crippen LogP contribution in [-0.2, 0) is 19.6 Å². The van der Waals surface area contributed by atoms with Crippen LogP contribution in [0.3, 0.4) is 0 Å². The van der Waals surface area contributed by atoms with Crippen LogP contribution >= 0.6 is 0 Å². The molecule has 0 amide bonds. The average molecular weight is 278 g/mol. The molecule has 1 aliphatic heterocycles. The topological polar surface area (TPSA) is 75.7 Å². The largest absolute Gasteiger partial charge is 0.469 e. The van der Waals surface area contributed by atoms with E-state index in [1.54, 1.807) is 4.31 Å². The second-order valence-electron chi connectivity index (χ2n) is 4.46. The molecule has 1 saturated heterocycles. The van der Waals surface area contributed by atoms with Gasteiger partial charge in [-0.2, -0.15) is 4.31 Å². The molecule has 1 aliphatic rings. The van der Waals surface area contributed by atoms with E-state index < -0.39 is 10.0 Å². The molecule has 1 N–H and O–H groups in total. The predicted molar refractivity (Wildman–Crippen MR) is 68.7 cm³/mol. The lowest BCUT2D eigenvalue weighted by Crippen LogP contribution is -2.41. The van der Waals surface area contributed by atoms with Crippen LogP contribution in [0.2, 0.25) is 0 Å². The highest BCUT2D eigenvalue weighted by atomic mass is 32.2. The fourth-order valence-electron chi connectivity index (χ4n) is 2.23. The summed E-state index contributed by atoms with van der Waals surface area (Å²) >= 11 is 0. The standard InChI is InChI=1S/C11H22N2O4S/c1-12-9-10-5-3-7-13(10)18(15,16)8-4-6-11(14)17-2/h10,12H,3-9H2,1-2H3. The van der Waals surface area contributed by atoms with Crippen molar-refractivity contribution < 1.29 is 17.9 Å². The fourth-order valence-corrected chi connectivity index (χ4v) is 4.02. The maximum atomic E-state index is 12.1. The van der Waals surface area contributed by atoms with E-state index >= 15 is 0 Å². The van der Waals surface area contributed by atoms with Crippen molar-refractivity contribution in [2.75, 3.05) is 33.0 Å². The van der Waals surface area contributed by atoms with E-state index in [1.165, 1.54) is 7.11 Å². The highest BCUT2D eigenvalue weighted by molar-refractivity contribution is 7.89. The van der Waals surface area contributed by atoms with E-state index in [2.05, 4.69) is 10.1 Å². The zero-order chi connectivity index (χ0) is 13.6. The Kier molecular flexibility index (Phi) is 6.04. The zero-order valence-corrected chi connectivity index (χ0v) is 11.8. The first-order valence-electron chi connectivity index (χ1n) is 6.22. The first kappa shape index (κ1) is 15.4. The smallest absolute Gasteiger partial charge is 0.305 e. The van der Waals surface area contributed by atoms with Crippen molar-refractivity contribution in [1.29, 1.82) is 0 Å². The number of methoxy groups -OCH3 is 1. The van der Waals surface area contributed by atoms with Gasteiger partial charge < -0.3 is 10.1 Å². The number of carbonyl (C=O) groups excluding carboxylic acids is 1. The van der Waals surface area contributed by atoms with Crippen molar-refractivity contribution in [2.24, 2.45) is 0 Å². The van der Waals surface area contributed by atoms with Gasteiger partial charge in [-0.15, -0.1) is 0 Å². The van der Waals surface area contributed by atoms with Crippen LogP contribution in [0, 0.1) is 0 Å². The third-order valence-electron chi connectivity index (χ3n) is 3.13. The van der Waals surface area contributed by atoms with E-state index in [4.69, 9.17) is 0 Å². The van der Waals surface area contributed by atoms with Crippen molar-refractivity contribution in [3.8, 4) is 0 Å². The molecule has 0 radical (unpaired) electrons. The van der Waals surface area contributed by atoms with Gasteiger partial charge in [0.05, 0.1) is 12.9 Å². The number of hydrogen-bond donors (Lipinski definition) is 1. The molecule has 1 unspecified atom stereocenters. The minimum Gasteiger partial charge on any atom is -0.469 e. The Hall–Kier alpha value is -0.660. The molecule has 0 spiro atoms. The minimum atomic E-state index is -3.25. The van der Waals surface area contributed by atoms with Crippen molar-refractivity contribution in [2.45, 2.75) is 31.7 Å². The Morgan fingerprint density at radius 2 is 2.22 bits per heavy atom. The van der Waals surface area contributed by atoms with E-state index in [9.17, 15) is 13.2 Å². The van der Waals surface area contributed by atoms with Crippen LogP contribution in [0.4, 0.5) is 0 Å². The summed E-state index contributed by atoms with van der Waals surface area (Å²) in [6.07, 6.45) is 2.28. The van der Waals surface area contributed by atoms with Gasteiger partial charge in [0.1, 0.15) is 0 Å². The summed E-state index contributed by atoms with van der Waals surface area (Å²) in [5, 5.41) is 3.01. The van der Waals surface area contributed by atoms with Crippen molar-refractivity contribution >= 4 is 16.0 Å². The molecule has 106 valence electrons. The summed E-state index contributed by atoms with van der Waals surface area (Å²) in [7, 11) is -0.124. The molecule has 0 aliphatic carbocycles. The van der Waals surface area contributed by atoms with E-state index in [-0.39, 0.29) is 24.2 Å². The predicted octanol–water partition coefficient (Wildman–Crippen LogP) is -0.0468. The average Bonchev–Trinajstić information content (AvgIpc) is 2.78. The molecule has 0 aromatic carbocycles. The number of hydrogen-bond acceptors (Lipinski definition) is 5. The number of carbonyl (C=O) groups is 1. The van der Waals surface area contributed by atoms with Crippen LogP contribution in [0.1, 0.15) is 25.7 Å². The number of likely N-dealkylation sites (N-methyl/N-ethyl adjacent to an activating group) is 1. The Labute approximate surface area is 109 Å². The molecule has 1 heterocycles. The molecule has 0 saturated carbocycles. The molecular formula is C11H22N2O4S. The van der Waals surface area contributed by atoms with Crippen LogP contribution in [0.5, 0.6) is 0 Å². The maximum Gasteiger partial charge on any atom is 0.305 e. The van der Waals surface area contributed by atoms with Crippen LogP contribution < -0.4 is 5.32 Å². The molecule has 0 bridgehead atoms. The number of ether oxygens (including phenoxy) is 1. The van der Waals surface area contributed by atoms with Crippen molar-refractivity contribution in [1.82, 2.24) is 9.62 Å². The van der Waals surface area contributed by atoms with E-state index in [0.717, 1.165) is 12.8 Å². The highest BCUT2D eigenvalue weighted by Gasteiger charge is 2.33. The number of nitrogens with zero attached hydrogens (tertiary/aromatic N) is 1.